The van der Waals surface area contributed by atoms with Crippen molar-refractivity contribution in [2.75, 3.05) is 20.8 Å². The van der Waals surface area contributed by atoms with Gasteiger partial charge in [0.25, 0.3) is 13.4 Å². The first kappa shape index (κ1) is 40.4. The number of ether oxygens (including phenoxy) is 3. The highest BCUT2D eigenvalue weighted by Crippen LogP contribution is 2.44. The van der Waals surface area contributed by atoms with Crippen molar-refractivity contribution >= 4 is 121 Å². The van der Waals surface area contributed by atoms with Gasteiger partial charge in [0, 0.05) is 58.4 Å². The number of hydrogen-bond acceptors (Lipinski definition) is 7. The van der Waals surface area contributed by atoms with Crippen LogP contribution in [0.1, 0.15) is 22.3 Å². The van der Waals surface area contributed by atoms with Crippen molar-refractivity contribution < 1.29 is 14.2 Å². The Kier molecular flexibility index (Phi) is 8.88. The van der Waals surface area contributed by atoms with E-state index >= 15 is 0 Å². The van der Waals surface area contributed by atoms with E-state index < -0.39 is 0 Å². The molecule has 0 atom stereocenters. The number of para-hydroxylation sites is 4. The second-order valence-corrected chi connectivity index (χ2v) is 19.9. The summed E-state index contributed by atoms with van der Waals surface area (Å²) in [5, 5.41) is 3.65. The number of aryl methyl sites for hydroxylation is 4. The van der Waals surface area contributed by atoms with Crippen LogP contribution in [0.5, 0.6) is 34.5 Å². The maximum atomic E-state index is 7.22. The van der Waals surface area contributed by atoms with Crippen LogP contribution >= 0.6 is 11.9 Å². The topological polar surface area (TPSA) is 46.2 Å². The van der Waals surface area contributed by atoms with Gasteiger partial charge in [0.2, 0.25) is 6.71 Å². The zero-order chi connectivity index (χ0) is 46.2. The van der Waals surface area contributed by atoms with Crippen LogP contribution in [0.15, 0.2) is 170 Å². The Morgan fingerprint density at radius 1 is 0.391 bits per heavy atom. The average molecular weight is 908 g/mol. The van der Waals surface area contributed by atoms with E-state index in [2.05, 4.69) is 200 Å². The second-order valence-electron chi connectivity index (χ2n) is 19.1. The summed E-state index contributed by atoms with van der Waals surface area (Å²) in [7, 11) is 0. The monoisotopic (exact) mass is 907 g/mol. The van der Waals surface area contributed by atoms with Crippen molar-refractivity contribution in [1.29, 1.82) is 0 Å². The maximum absolute atomic E-state index is 7.22. The molecule has 9 aromatic rings. The Labute approximate surface area is 408 Å². The number of benzene rings is 9. The summed E-state index contributed by atoms with van der Waals surface area (Å²) in [6.45, 7) is 8.65. The first-order chi connectivity index (χ1) is 33.8. The lowest BCUT2D eigenvalue weighted by molar-refractivity contribution is 0.465. The minimum atomic E-state index is -0.187. The summed E-state index contributed by atoms with van der Waals surface area (Å²) >= 11 is 1.71. The van der Waals surface area contributed by atoms with E-state index in [1.165, 1.54) is 60.8 Å². The average Bonchev–Trinajstić information content (AvgIpc) is 3.35. The highest BCUT2D eigenvalue weighted by Gasteiger charge is 2.47. The van der Waals surface area contributed by atoms with Crippen molar-refractivity contribution in [2.45, 2.75) is 27.7 Å². The molecule has 5 heterocycles. The number of nitrogens with one attached hydrogen (secondary N) is 1. The van der Waals surface area contributed by atoms with Gasteiger partial charge in [-0.05, 0) is 150 Å². The fraction of sp³-hybridized carbons (Fsp3) is 0.0847. The Bertz CT molecular complexity index is 3660. The van der Waals surface area contributed by atoms with E-state index in [1.807, 2.05) is 18.2 Å². The Hall–Kier alpha value is -7.68. The molecule has 0 aliphatic carbocycles. The molecule has 1 N–H and O–H groups in total. The standard InChI is InChI=1S/C59H44B3N3O3S/c1-34-24-37(4)57-49(25-34)64(40-18-10-7-11-19-40)47-22-14-12-20-41(47)60(57)43-31-45-52(28-36(43)3)67-55-29-39(63-38-16-8-6-9-17-38)30-56-59(55)62(45)46-32-44-48(33-53(46)68-56)65(69-5)50-26-35(2)27-54-58(50)61(44)42-21-13-15-23-51(42)66-54/h6-33,63H,1-5H3. The van der Waals surface area contributed by atoms with Gasteiger partial charge in [-0.2, -0.15) is 0 Å². The molecule has 5 aliphatic heterocycles. The minimum absolute atomic E-state index is 0.0320. The molecule has 0 bridgehead atoms. The Balaban J connectivity index is 1.01. The first-order valence-corrected chi connectivity index (χ1v) is 25.0. The van der Waals surface area contributed by atoms with Gasteiger partial charge in [-0.15, -0.1) is 0 Å². The largest absolute Gasteiger partial charge is 0.458 e. The van der Waals surface area contributed by atoms with Crippen LogP contribution in [-0.4, -0.2) is 26.4 Å². The van der Waals surface area contributed by atoms with Crippen molar-refractivity contribution in [3.05, 3.63) is 192 Å². The van der Waals surface area contributed by atoms with Crippen LogP contribution in [-0.2, 0) is 0 Å². The molecule has 10 heteroatoms. The fourth-order valence-corrected chi connectivity index (χ4v) is 12.8. The molecule has 6 nitrogen and oxygen atoms in total. The third-order valence-corrected chi connectivity index (χ3v) is 15.6. The summed E-state index contributed by atoms with van der Waals surface area (Å²) < 4.78 is 23.5. The smallest absolute Gasteiger partial charge is 0.260 e. The molecule has 0 unspecified atom stereocenters. The molecule has 0 fully saturated rings. The summed E-state index contributed by atoms with van der Waals surface area (Å²) in [6.07, 6.45) is 2.15. The van der Waals surface area contributed by atoms with Crippen molar-refractivity contribution in [3.8, 4) is 34.5 Å². The van der Waals surface area contributed by atoms with Gasteiger partial charge in [0.15, 0.2) is 0 Å². The van der Waals surface area contributed by atoms with Crippen LogP contribution < -0.4 is 77.9 Å². The summed E-state index contributed by atoms with van der Waals surface area (Å²) in [5.41, 5.74) is 23.3. The number of nitrogens with zero attached hydrogens (tertiary/aromatic N) is 2. The maximum Gasteiger partial charge on any atom is 0.260 e. The molecule has 0 saturated carbocycles. The molecule has 69 heavy (non-hydrogen) atoms. The van der Waals surface area contributed by atoms with Crippen LogP contribution in [0.25, 0.3) is 0 Å². The third-order valence-electron chi connectivity index (χ3n) is 14.9. The molecule has 5 aliphatic rings. The van der Waals surface area contributed by atoms with Crippen LogP contribution in [0.3, 0.4) is 0 Å². The van der Waals surface area contributed by atoms with E-state index in [1.54, 1.807) is 11.9 Å². The third kappa shape index (κ3) is 6.04. The normalized spacial score (nSPS) is 13.8. The minimum Gasteiger partial charge on any atom is -0.458 e. The van der Waals surface area contributed by atoms with E-state index in [0.717, 1.165) is 84.9 Å². The SMILES string of the molecule is CSN1c2cc3c(cc2B2c4ccccc4Oc4cc(C)cc1c42)B1c2cc(B4c5ccccc5N(c5ccccc5)c5cc(C)cc(C)c54)c(C)cc2Oc2cc(Nc4ccccc4)cc(c21)O3. The zero-order valence-electron chi connectivity index (χ0n) is 38.9. The number of anilines is 7. The lowest BCUT2D eigenvalue weighted by Crippen LogP contribution is -2.64. The van der Waals surface area contributed by atoms with Crippen LogP contribution in [0, 0.1) is 27.7 Å². The quantitative estimate of drug-likeness (QED) is 0.137. The number of fused-ring (bicyclic) bond motifs is 10. The second kappa shape index (κ2) is 15.2. The van der Waals surface area contributed by atoms with E-state index in [9.17, 15) is 0 Å². The first-order valence-electron chi connectivity index (χ1n) is 23.8. The molecule has 0 radical (unpaired) electrons. The van der Waals surface area contributed by atoms with Gasteiger partial charge in [-0.25, -0.2) is 0 Å². The lowest BCUT2D eigenvalue weighted by Gasteiger charge is -2.41. The predicted molar refractivity (Wildman–Crippen MR) is 292 cm³/mol. The van der Waals surface area contributed by atoms with Gasteiger partial charge < -0.3 is 24.4 Å². The summed E-state index contributed by atoms with van der Waals surface area (Å²) in [4.78, 5) is 2.46. The Morgan fingerprint density at radius 3 is 1.75 bits per heavy atom. The zero-order valence-corrected chi connectivity index (χ0v) is 39.7. The summed E-state index contributed by atoms with van der Waals surface area (Å²) in [6, 6.07) is 61.6. The highest BCUT2D eigenvalue weighted by molar-refractivity contribution is 8.00. The molecular weight excluding hydrogens is 863 g/mol. The molecule has 0 spiro atoms. The molecule has 9 aromatic carbocycles. The van der Waals surface area contributed by atoms with Gasteiger partial charge in [-0.3, -0.25) is 4.31 Å². The van der Waals surface area contributed by atoms with Gasteiger partial charge >= 0.3 is 0 Å². The van der Waals surface area contributed by atoms with Gasteiger partial charge in [0.1, 0.15) is 34.5 Å². The van der Waals surface area contributed by atoms with Gasteiger partial charge in [0.05, 0.1) is 11.4 Å². The highest BCUT2D eigenvalue weighted by atomic mass is 32.2. The lowest BCUT2D eigenvalue weighted by atomic mass is 9.30. The predicted octanol–water partition coefficient (Wildman–Crippen LogP) is 9.04. The Morgan fingerprint density at radius 2 is 0.986 bits per heavy atom. The van der Waals surface area contributed by atoms with E-state index in [4.69, 9.17) is 14.2 Å². The van der Waals surface area contributed by atoms with Crippen molar-refractivity contribution in [2.24, 2.45) is 0 Å². The van der Waals surface area contributed by atoms with Crippen molar-refractivity contribution in [1.82, 2.24) is 0 Å². The number of rotatable bonds is 5. The van der Waals surface area contributed by atoms with Crippen LogP contribution in [0.2, 0.25) is 0 Å². The van der Waals surface area contributed by atoms with Gasteiger partial charge in [-0.1, -0.05) is 108 Å². The van der Waals surface area contributed by atoms with Crippen LogP contribution in [0.4, 0.5) is 39.8 Å². The molecule has 0 aromatic heterocycles. The molecule has 328 valence electrons. The van der Waals surface area contributed by atoms with E-state index in [0.29, 0.717) is 0 Å². The molecular formula is C59H44B3N3O3S. The summed E-state index contributed by atoms with van der Waals surface area (Å²) in [5.74, 6) is 5.11. The molecule has 0 saturated heterocycles. The molecule has 14 rings (SSSR count). The van der Waals surface area contributed by atoms with E-state index in [-0.39, 0.29) is 20.1 Å². The molecule has 0 amide bonds. The van der Waals surface area contributed by atoms with Crippen molar-refractivity contribution in [3.63, 3.8) is 0 Å². The number of hydrogen-bond donors (Lipinski definition) is 1. The fourth-order valence-electron chi connectivity index (χ4n) is 12.1.